The molecule has 0 spiro atoms. The van der Waals surface area contributed by atoms with Crippen LogP contribution in [0.25, 0.3) is 5.65 Å². The Hall–Kier alpha value is -1.27. The number of rotatable bonds is 4. The minimum absolute atomic E-state index is 0.622. The molecular weight excluding hydrogens is 222 g/mol. The summed E-state index contributed by atoms with van der Waals surface area (Å²) < 4.78 is 1.92. The first kappa shape index (κ1) is 11.2. The summed E-state index contributed by atoms with van der Waals surface area (Å²) in [4.78, 5) is 8.69. The van der Waals surface area contributed by atoms with Crippen molar-refractivity contribution in [2.45, 2.75) is 18.9 Å². The lowest BCUT2D eigenvalue weighted by Gasteiger charge is -2.07. The fraction of sp³-hybridized carbons (Fsp3) is 0.400. The summed E-state index contributed by atoms with van der Waals surface area (Å²) in [6, 6.07) is 0. The molecule has 0 aliphatic heterocycles. The first-order valence-electron chi connectivity index (χ1n) is 5.14. The zero-order valence-corrected chi connectivity index (χ0v) is 10.2. The Kier molecular flexibility index (Phi) is 3.31. The van der Waals surface area contributed by atoms with Crippen LogP contribution >= 0.6 is 11.8 Å². The average molecular weight is 237 g/mol. The van der Waals surface area contributed by atoms with Gasteiger partial charge in [-0.3, -0.25) is 0 Å². The number of nitrogens with one attached hydrogen (secondary N) is 1. The van der Waals surface area contributed by atoms with Crippen LogP contribution < -0.4 is 11.3 Å². The second-order valence-corrected chi connectivity index (χ2v) is 4.95. The van der Waals surface area contributed by atoms with E-state index in [9.17, 15) is 0 Å². The van der Waals surface area contributed by atoms with Crippen molar-refractivity contribution < 1.29 is 0 Å². The minimum Gasteiger partial charge on any atom is -0.307 e. The zero-order valence-electron chi connectivity index (χ0n) is 9.34. The van der Waals surface area contributed by atoms with Crippen molar-refractivity contribution in [3.63, 3.8) is 0 Å². The monoisotopic (exact) mass is 237 g/mol. The summed E-state index contributed by atoms with van der Waals surface area (Å²) in [6.45, 7) is 4.36. The molecule has 2 heterocycles. The van der Waals surface area contributed by atoms with Crippen LogP contribution in [-0.4, -0.2) is 20.1 Å². The van der Waals surface area contributed by atoms with Crippen molar-refractivity contribution in [2.75, 3.05) is 11.2 Å². The number of aromatic nitrogens is 3. The van der Waals surface area contributed by atoms with Gasteiger partial charge in [0.15, 0.2) is 11.5 Å². The molecule has 0 fully saturated rings. The van der Waals surface area contributed by atoms with E-state index in [0.29, 0.717) is 11.7 Å². The lowest BCUT2D eigenvalue weighted by molar-refractivity contribution is 0.749. The van der Waals surface area contributed by atoms with E-state index in [4.69, 9.17) is 5.84 Å². The molecule has 2 aromatic heterocycles. The molecule has 0 amide bonds. The van der Waals surface area contributed by atoms with E-state index in [1.165, 1.54) is 0 Å². The summed E-state index contributed by atoms with van der Waals surface area (Å²) in [7, 11) is 0. The Morgan fingerprint density at radius 1 is 1.56 bits per heavy atom. The number of nitrogens with zero attached hydrogens (tertiary/aromatic N) is 3. The van der Waals surface area contributed by atoms with Crippen LogP contribution in [0.2, 0.25) is 0 Å². The van der Waals surface area contributed by atoms with Crippen molar-refractivity contribution in [2.24, 2.45) is 11.8 Å². The van der Waals surface area contributed by atoms with E-state index < -0.39 is 0 Å². The smallest absolute Gasteiger partial charge is 0.169 e. The molecule has 2 rings (SSSR count). The topological polar surface area (TPSA) is 68.2 Å². The summed E-state index contributed by atoms with van der Waals surface area (Å²) in [5, 5.41) is 0.911. The zero-order chi connectivity index (χ0) is 11.5. The van der Waals surface area contributed by atoms with Crippen LogP contribution in [0.15, 0.2) is 23.6 Å². The average Bonchev–Trinajstić information content (AvgIpc) is 2.73. The van der Waals surface area contributed by atoms with Gasteiger partial charge in [0.1, 0.15) is 5.03 Å². The number of thioether (sulfide) groups is 1. The van der Waals surface area contributed by atoms with Crippen molar-refractivity contribution in [3.8, 4) is 0 Å². The number of anilines is 1. The molecule has 0 unspecified atom stereocenters. The molecule has 16 heavy (non-hydrogen) atoms. The lowest BCUT2D eigenvalue weighted by atomic mass is 10.3. The van der Waals surface area contributed by atoms with Crippen LogP contribution in [0.1, 0.15) is 13.8 Å². The van der Waals surface area contributed by atoms with Crippen molar-refractivity contribution in [1.29, 1.82) is 0 Å². The molecule has 0 radical (unpaired) electrons. The summed E-state index contributed by atoms with van der Waals surface area (Å²) in [5.41, 5.74) is 3.44. The van der Waals surface area contributed by atoms with Crippen LogP contribution in [-0.2, 0) is 0 Å². The first-order valence-corrected chi connectivity index (χ1v) is 6.12. The van der Waals surface area contributed by atoms with E-state index in [0.717, 1.165) is 16.4 Å². The normalized spacial score (nSPS) is 11.2. The first-order chi connectivity index (χ1) is 7.70. The Bertz CT molecular complexity index is 479. The van der Waals surface area contributed by atoms with Gasteiger partial charge in [0.2, 0.25) is 0 Å². The molecular formula is C10H15N5S. The fourth-order valence-electron chi connectivity index (χ4n) is 1.31. The third-order valence-electron chi connectivity index (χ3n) is 2.04. The molecule has 0 saturated carbocycles. The third-order valence-corrected chi connectivity index (χ3v) is 3.43. The number of hydrogen-bond acceptors (Lipinski definition) is 5. The maximum Gasteiger partial charge on any atom is 0.169 e. The van der Waals surface area contributed by atoms with E-state index in [1.807, 2.05) is 16.8 Å². The summed E-state index contributed by atoms with van der Waals surface area (Å²) >= 11 is 1.70. The van der Waals surface area contributed by atoms with Crippen molar-refractivity contribution in [1.82, 2.24) is 14.4 Å². The van der Waals surface area contributed by atoms with Gasteiger partial charge in [0.05, 0.1) is 6.20 Å². The Morgan fingerprint density at radius 3 is 3.06 bits per heavy atom. The Balaban J connectivity index is 2.36. The number of hydrogen-bond donors (Lipinski definition) is 2. The molecule has 0 aliphatic rings. The number of fused-ring (bicyclic) bond motifs is 1. The molecule has 5 nitrogen and oxygen atoms in total. The molecule has 0 aliphatic carbocycles. The lowest BCUT2D eigenvalue weighted by Crippen LogP contribution is -2.10. The number of nitrogen functional groups attached to an aromatic ring is 1. The highest BCUT2D eigenvalue weighted by atomic mass is 32.2. The Morgan fingerprint density at radius 2 is 2.38 bits per heavy atom. The van der Waals surface area contributed by atoms with Crippen LogP contribution in [0.5, 0.6) is 0 Å². The highest BCUT2D eigenvalue weighted by Crippen LogP contribution is 2.24. The number of nitrogens with two attached hydrogens (primary N) is 1. The predicted molar refractivity (Wildman–Crippen MR) is 66.4 cm³/mol. The molecule has 2 aromatic rings. The number of imidazole rings is 1. The highest BCUT2D eigenvalue weighted by Gasteiger charge is 2.08. The quantitative estimate of drug-likeness (QED) is 0.482. The van der Waals surface area contributed by atoms with E-state index in [-0.39, 0.29) is 0 Å². The van der Waals surface area contributed by atoms with Crippen LogP contribution in [0, 0.1) is 5.92 Å². The van der Waals surface area contributed by atoms with Gasteiger partial charge >= 0.3 is 0 Å². The maximum atomic E-state index is 5.38. The molecule has 0 aromatic carbocycles. The SMILES string of the molecule is CC(C)CSc1nc(NN)cn2ccnc12. The molecule has 3 N–H and O–H groups in total. The second kappa shape index (κ2) is 4.71. The predicted octanol–water partition coefficient (Wildman–Crippen LogP) is 1.76. The number of hydrazine groups is 1. The van der Waals surface area contributed by atoms with Gasteiger partial charge in [-0.2, -0.15) is 0 Å². The largest absolute Gasteiger partial charge is 0.307 e. The Labute approximate surface area is 98.4 Å². The van der Waals surface area contributed by atoms with Gasteiger partial charge in [-0.15, -0.1) is 11.8 Å². The van der Waals surface area contributed by atoms with E-state index in [2.05, 4.69) is 29.2 Å². The fourth-order valence-corrected chi connectivity index (χ4v) is 2.26. The van der Waals surface area contributed by atoms with Crippen LogP contribution in [0.3, 0.4) is 0 Å². The molecule has 0 saturated heterocycles. The van der Waals surface area contributed by atoms with Gasteiger partial charge in [0.25, 0.3) is 0 Å². The molecule has 0 bridgehead atoms. The van der Waals surface area contributed by atoms with Gasteiger partial charge < -0.3 is 9.83 Å². The van der Waals surface area contributed by atoms with Crippen LogP contribution in [0.4, 0.5) is 5.82 Å². The minimum atomic E-state index is 0.622. The summed E-state index contributed by atoms with van der Waals surface area (Å²) in [5.74, 6) is 7.67. The summed E-state index contributed by atoms with van der Waals surface area (Å²) in [6.07, 6.45) is 5.47. The highest BCUT2D eigenvalue weighted by molar-refractivity contribution is 7.99. The van der Waals surface area contributed by atoms with Gasteiger partial charge in [-0.05, 0) is 5.92 Å². The third kappa shape index (κ3) is 2.28. The maximum absolute atomic E-state index is 5.38. The van der Waals surface area contributed by atoms with Gasteiger partial charge in [-0.1, -0.05) is 13.8 Å². The van der Waals surface area contributed by atoms with E-state index in [1.54, 1.807) is 18.0 Å². The molecule has 6 heteroatoms. The molecule has 0 atom stereocenters. The molecule has 86 valence electrons. The standard InChI is InChI=1S/C10H15N5S/c1-7(2)6-16-10-9-12-3-4-15(9)5-8(13-10)14-11/h3-5,7,14H,6,11H2,1-2H3. The van der Waals surface area contributed by atoms with Gasteiger partial charge in [0, 0.05) is 18.1 Å². The van der Waals surface area contributed by atoms with Gasteiger partial charge in [-0.25, -0.2) is 15.8 Å². The van der Waals surface area contributed by atoms with Crippen molar-refractivity contribution in [3.05, 3.63) is 18.6 Å². The second-order valence-electron chi connectivity index (χ2n) is 3.94. The van der Waals surface area contributed by atoms with Crippen molar-refractivity contribution >= 4 is 23.2 Å². The van der Waals surface area contributed by atoms with E-state index >= 15 is 0 Å².